The molecule has 0 radical (unpaired) electrons. The minimum Gasteiger partial charge on any atom is -0.308 e. The molecule has 0 fully saturated rings. The summed E-state index contributed by atoms with van der Waals surface area (Å²) >= 11 is 0. The highest BCUT2D eigenvalue weighted by atomic mass is 15.0. The van der Waals surface area contributed by atoms with Gasteiger partial charge in [-0.2, -0.15) is 0 Å². The second-order valence-electron chi connectivity index (χ2n) is 13.2. The fourth-order valence-corrected chi connectivity index (χ4v) is 8.45. The molecule has 0 aliphatic heterocycles. The number of hydrogen-bond donors (Lipinski definition) is 0. The highest BCUT2D eigenvalue weighted by Crippen LogP contribution is 2.50. The maximum Gasteiger partial charge on any atom is 0.0663 e. The third-order valence-corrected chi connectivity index (χ3v) is 10.5. The molecule has 7 aromatic carbocycles. The molecule has 11 rings (SSSR count). The molecule has 4 heterocycles. The number of pyridine rings is 1. The molecule has 0 unspecified atom stereocenters. The third kappa shape index (κ3) is 3.93. The Morgan fingerprint density at radius 3 is 1.24 bits per heavy atom. The van der Waals surface area contributed by atoms with E-state index in [0.29, 0.717) is 0 Å². The maximum absolute atomic E-state index is 4.48. The summed E-state index contributed by atoms with van der Waals surface area (Å²) in [6.07, 6.45) is 3.80. The highest BCUT2D eigenvalue weighted by molar-refractivity contribution is 6.40. The summed E-state index contributed by atoms with van der Waals surface area (Å²) in [5.41, 5.74) is 12.8. The maximum atomic E-state index is 4.48. The quantitative estimate of drug-likeness (QED) is 0.186. The molecule has 0 atom stereocenters. The van der Waals surface area contributed by atoms with Crippen molar-refractivity contribution in [2.24, 2.45) is 0 Å². The number of benzene rings is 7. The fourth-order valence-electron chi connectivity index (χ4n) is 8.45. The lowest BCUT2D eigenvalue weighted by Gasteiger charge is -2.13. The van der Waals surface area contributed by atoms with Crippen LogP contribution in [-0.2, 0) is 0 Å². The van der Waals surface area contributed by atoms with E-state index in [1.165, 1.54) is 65.4 Å². The van der Waals surface area contributed by atoms with E-state index in [0.717, 1.165) is 28.2 Å². The molecule has 4 heteroatoms. The third-order valence-electron chi connectivity index (χ3n) is 10.5. The molecule has 4 aromatic heterocycles. The Kier molecular flexibility index (Phi) is 5.92. The van der Waals surface area contributed by atoms with Gasteiger partial charge < -0.3 is 13.7 Å². The van der Waals surface area contributed by atoms with Crippen LogP contribution in [0, 0.1) is 0 Å². The van der Waals surface area contributed by atoms with Gasteiger partial charge in [0.1, 0.15) is 0 Å². The summed E-state index contributed by atoms with van der Waals surface area (Å²) < 4.78 is 7.47. The number of para-hydroxylation sites is 5. The monoisotopic (exact) mass is 650 g/mol. The topological polar surface area (TPSA) is 27.7 Å². The Morgan fingerprint density at radius 2 is 0.765 bits per heavy atom. The van der Waals surface area contributed by atoms with Gasteiger partial charge in [0.2, 0.25) is 0 Å². The van der Waals surface area contributed by atoms with Crippen molar-refractivity contribution in [3.8, 4) is 28.2 Å². The van der Waals surface area contributed by atoms with Crippen molar-refractivity contribution in [1.82, 2.24) is 18.7 Å². The molecule has 4 nitrogen and oxygen atoms in total. The molecular weight excluding hydrogens is 621 g/mol. The largest absolute Gasteiger partial charge is 0.308 e. The first-order valence-electron chi connectivity index (χ1n) is 17.4. The molecule has 0 N–H and O–H groups in total. The molecule has 0 aliphatic carbocycles. The number of rotatable bonds is 4. The van der Waals surface area contributed by atoms with Crippen molar-refractivity contribution in [2.45, 2.75) is 0 Å². The Balaban J connectivity index is 1.51. The van der Waals surface area contributed by atoms with Crippen LogP contribution in [0.1, 0.15) is 0 Å². The van der Waals surface area contributed by atoms with Crippen LogP contribution in [0.4, 0.5) is 0 Å². The first-order valence-corrected chi connectivity index (χ1v) is 17.4. The lowest BCUT2D eigenvalue weighted by molar-refractivity contribution is 1.17. The van der Waals surface area contributed by atoms with Gasteiger partial charge >= 0.3 is 0 Å². The van der Waals surface area contributed by atoms with Gasteiger partial charge in [0.25, 0.3) is 0 Å². The van der Waals surface area contributed by atoms with Crippen LogP contribution in [0.25, 0.3) is 93.6 Å². The standard InChI is InChI=1S/C47H30N4/c1-4-16-33(17-5-1)49-39-24-12-10-22-36(39)43-45(49)42-37-23-11-13-25-40(37)50(34-18-6-2-7-19-34)46(42)44-38-29-31(32-15-14-28-48-30-32)26-27-41(38)51(47(43)44)35-20-8-3-9-21-35/h1-30H. The van der Waals surface area contributed by atoms with Crippen molar-refractivity contribution in [1.29, 1.82) is 0 Å². The van der Waals surface area contributed by atoms with Gasteiger partial charge in [-0.15, -0.1) is 0 Å². The molecule has 51 heavy (non-hydrogen) atoms. The summed E-state index contributed by atoms with van der Waals surface area (Å²) in [6.45, 7) is 0. The van der Waals surface area contributed by atoms with E-state index in [1.54, 1.807) is 0 Å². The minimum absolute atomic E-state index is 1.10. The molecule has 11 aromatic rings. The minimum atomic E-state index is 1.10. The van der Waals surface area contributed by atoms with Gasteiger partial charge in [-0.3, -0.25) is 4.98 Å². The molecule has 0 amide bonds. The number of fused-ring (bicyclic) bond motifs is 12. The Morgan fingerprint density at radius 1 is 0.333 bits per heavy atom. The van der Waals surface area contributed by atoms with Crippen molar-refractivity contribution < 1.29 is 0 Å². The smallest absolute Gasteiger partial charge is 0.0663 e. The van der Waals surface area contributed by atoms with E-state index >= 15 is 0 Å². The second-order valence-corrected chi connectivity index (χ2v) is 13.2. The fraction of sp³-hybridized carbons (Fsp3) is 0. The molecule has 0 spiro atoms. The Labute approximate surface area is 293 Å². The van der Waals surface area contributed by atoms with Crippen molar-refractivity contribution in [3.63, 3.8) is 0 Å². The van der Waals surface area contributed by atoms with E-state index in [2.05, 4.69) is 182 Å². The Bertz CT molecular complexity index is 3060. The average Bonchev–Trinajstić information content (AvgIpc) is 3.85. The first-order chi connectivity index (χ1) is 25.4. The van der Waals surface area contributed by atoms with E-state index < -0.39 is 0 Å². The van der Waals surface area contributed by atoms with E-state index in [-0.39, 0.29) is 0 Å². The van der Waals surface area contributed by atoms with Gasteiger partial charge in [-0.25, -0.2) is 0 Å². The number of nitrogens with zero attached hydrogens (tertiary/aromatic N) is 4. The van der Waals surface area contributed by atoms with Crippen LogP contribution in [0.3, 0.4) is 0 Å². The normalized spacial score (nSPS) is 11.9. The summed E-state index contributed by atoms with van der Waals surface area (Å²) in [5.74, 6) is 0. The van der Waals surface area contributed by atoms with Crippen LogP contribution in [0.5, 0.6) is 0 Å². The van der Waals surface area contributed by atoms with Crippen molar-refractivity contribution in [3.05, 3.63) is 182 Å². The summed E-state index contributed by atoms with van der Waals surface area (Å²) in [4.78, 5) is 4.48. The molecule has 0 aliphatic rings. The zero-order chi connectivity index (χ0) is 33.5. The average molecular weight is 651 g/mol. The van der Waals surface area contributed by atoms with Gasteiger partial charge in [-0.05, 0) is 72.3 Å². The van der Waals surface area contributed by atoms with E-state index in [4.69, 9.17) is 0 Å². The van der Waals surface area contributed by atoms with Crippen LogP contribution >= 0.6 is 0 Å². The predicted molar refractivity (Wildman–Crippen MR) is 213 cm³/mol. The van der Waals surface area contributed by atoms with Crippen molar-refractivity contribution >= 4 is 65.4 Å². The summed E-state index contributed by atoms with van der Waals surface area (Å²) in [5, 5.41) is 7.39. The van der Waals surface area contributed by atoms with Gasteiger partial charge in [0.05, 0.1) is 33.1 Å². The lowest BCUT2D eigenvalue weighted by Crippen LogP contribution is -1.97. The van der Waals surface area contributed by atoms with Crippen LogP contribution in [-0.4, -0.2) is 18.7 Å². The zero-order valence-electron chi connectivity index (χ0n) is 27.6. The van der Waals surface area contributed by atoms with Crippen molar-refractivity contribution in [2.75, 3.05) is 0 Å². The second kappa shape index (κ2) is 10.8. The van der Waals surface area contributed by atoms with E-state index in [1.807, 2.05) is 18.5 Å². The molecule has 0 saturated heterocycles. The number of hydrogen-bond acceptors (Lipinski definition) is 1. The highest BCUT2D eigenvalue weighted by Gasteiger charge is 2.28. The number of aromatic nitrogens is 4. The lowest BCUT2D eigenvalue weighted by atomic mass is 10.00. The first kappa shape index (κ1) is 28.0. The molecule has 238 valence electrons. The molecule has 0 bridgehead atoms. The zero-order valence-corrected chi connectivity index (χ0v) is 27.6. The van der Waals surface area contributed by atoms with E-state index in [9.17, 15) is 0 Å². The van der Waals surface area contributed by atoms with Crippen LogP contribution in [0.2, 0.25) is 0 Å². The van der Waals surface area contributed by atoms with Gasteiger partial charge in [0, 0.05) is 67.3 Å². The molecule has 0 saturated carbocycles. The summed E-state index contributed by atoms with van der Waals surface area (Å²) in [6, 6.07) is 61.4. The Hall–Kier alpha value is -6.91. The SMILES string of the molecule is c1ccc(-n2c3ccccc3c3c2c2c4ccccc4n(-c4ccccc4)c2c2c4cc(-c5cccnc5)ccc4n(-c4ccccc4)c32)cc1. The summed E-state index contributed by atoms with van der Waals surface area (Å²) in [7, 11) is 0. The molecular formula is C47H30N4. The van der Waals surface area contributed by atoms with Crippen LogP contribution in [0.15, 0.2) is 182 Å². The van der Waals surface area contributed by atoms with Gasteiger partial charge in [-0.1, -0.05) is 103 Å². The van der Waals surface area contributed by atoms with Crippen LogP contribution < -0.4 is 0 Å². The predicted octanol–water partition coefficient (Wildman–Crippen LogP) is 12.0. The van der Waals surface area contributed by atoms with Gasteiger partial charge in [0.15, 0.2) is 0 Å².